The van der Waals surface area contributed by atoms with Gasteiger partial charge in [0.2, 0.25) is 0 Å². The van der Waals surface area contributed by atoms with Crippen molar-refractivity contribution in [1.29, 1.82) is 0 Å². The minimum absolute atomic E-state index is 0.0125. The molecule has 4 heteroatoms. The quantitative estimate of drug-likeness (QED) is 0.850. The number of nitrogens with one attached hydrogen (secondary N) is 1. The Bertz CT molecular complexity index is 616. The summed E-state index contributed by atoms with van der Waals surface area (Å²) < 4.78 is 0. The predicted molar refractivity (Wildman–Crippen MR) is 92.3 cm³/mol. The van der Waals surface area contributed by atoms with Crippen LogP contribution in [0.4, 0.5) is 0 Å². The molecule has 2 rings (SSSR count). The standard InChI is InChI=1S/C18H24N2OS/c1-5-16(18-19-13(4)11-22-18)20-17(21)15-8-6-14(7-9-15)10-12(2)3/h6-9,11-12,16H,5,10H2,1-4H3,(H,20,21). The van der Waals surface area contributed by atoms with E-state index >= 15 is 0 Å². The number of thiazole rings is 1. The molecule has 1 aromatic heterocycles. The van der Waals surface area contributed by atoms with Crippen molar-refractivity contribution in [3.8, 4) is 0 Å². The molecular formula is C18H24N2OS. The highest BCUT2D eigenvalue weighted by molar-refractivity contribution is 7.09. The van der Waals surface area contributed by atoms with Crippen LogP contribution in [0, 0.1) is 12.8 Å². The number of carbonyl (C=O) groups excluding carboxylic acids is 1. The third-order valence-corrected chi connectivity index (χ3v) is 4.58. The average Bonchev–Trinajstić information content (AvgIpc) is 2.91. The summed E-state index contributed by atoms with van der Waals surface area (Å²) in [6.07, 6.45) is 1.88. The van der Waals surface area contributed by atoms with Crippen LogP contribution in [0.5, 0.6) is 0 Å². The lowest BCUT2D eigenvalue weighted by Gasteiger charge is -2.15. The van der Waals surface area contributed by atoms with Crippen LogP contribution in [0.1, 0.15) is 59.9 Å². The fourth-order valence-electron chi connectivity index (χ4n) is 2.38. The van der Waals surface area contributed by atoms with Gasteiger partial charge >= 0.3 is 0 Å². The molecule has 3 nitrogen and oxygen atoms in total. The van der Waals surface area contributed by atoms with Crippen LogP contribution in [-0.2, 0) is 6.42 Å². The maximum Gasteiger partial charge on any atom is 0.251 e. The number of hydrogen-bond acceptors (Lipinski definition) is 3. The first-order valence-electron chi connectivity index (χ1n) is 7.81. The summed E-state index contributed by atoms with van der Waals surface area (Å²) in [7, 11) is 0. The molecule has 1 atom stereocenters. The van der Waals surface area contributed by atoms with Crippen LogP contribution < -0.4 is 5.32 Å². The summed E-state index contributed by atoms with van der Waals surface area (Å²) in [5.41, 5.74) is 2.99. The second kappa shape index (κ2) is 7.54. The molecule has 0 spiro atoms. The van der Waals surface area contributed by atoms with Crippen LogP contribution in [0.25, 0.3) is 0 Å². The molecule has 1 unspecified atom stereocenters. The van der Waals surface area contributed by atoms with Gasteiger partial charge in [-0.2, -0.15) is 0 Å². The summed E-state index contributed by atoms with van der Waals surface area (Å²) in [6.45, 7) is 8.43. The molecule has 0 radical (unpaired) electrons. The molecule has 1 N–H and O–H groups in total. The summed E-state index contributed by atoms with van der Waals surface area (Å²) in [4.78, 5) is 16.9. The zero-order valence-corrected chi connectivity index (χ0v) is 14.5. The SMILES string of the molecule is CCC(NC(=O)c1ccc(CC(C)C)cc1)c1nc(C)cs1. The summed E-state index contributed by atoms with van der Waals surface area (Å²) in [5, 5.41) is 6.08. The molecule has 0 aliphatic rings. The first kappa shape index (κ1) is 16.7. The monoisotopic (exact) mass is 316 g/mol. The number of carbonyl (C=O) groups is 1. The van der Waals surface area contributed by atoms with Gasteiger partial charge in [0.15, 0.2) is 0 Å². The fourth-order valence-corrected chi connectivity index (χ4v) is 3.31. The van der Waals surface area contributed by atoms with Crippen molar-refractivity contribution in [2.45, 2.75) is 46.6 Å². The number of benzene rings is 1. The Labute approximate surface area is 136 Å². The number of hydrogen-bond donors (Lipinski definition) is 1. The van der Waals surface area contributed by atoms with Gasteiger partial charge in [-0.15, -0.1) is 11.3 Å². The van der Waals surface area contributed by atoms with Gasteiger partial charge in [0.1, 0.15) is 5.01 Å². The van der Waals surface area contributed by atoms with Crippen molar-refractivity contribution in [2.24, 2.45) is 5.92 Å². The lowest BCUT2D eigenvalue weighted by Crippen LogP contribution is -2.28. The van der Waals surface area contributed by atoms with E-state index in [4.69, 9.17) is 0 Å². The molecular weight excluding hydrogens is 292 g/mol. The van der Waals surface area contributed by atoms with E-state index in [1.165, 1.54) is 5.56 Å². The van der Waals surface area contributed by atoms with Crippen molar-refractivity contribution in [3.63, 3.8) is 0 Å². The smallest absolute Gasteiger partial charge is 0.251 e. The van der Waals surface area contributed by atoms with E-state index in [-0.39, 0.29) is 11.9 Å². The Kier molecular flexibility index (Phi) is 5.72. The van der Waals surface area contributed by atoms with E-state index < -0.39 is 0 Å². The van der Waals surface area contributed by atoms with Crippen molar-refractivity contribution in [3.05, 3.63) is 51.5 Å². The Balaban J connectivity index is 2.04. The molecule has 1 amide bonds. The molecule has 22 heavy (non-hydrogen) atoms. The topological polar surface area (TPSA) is 42.0 Å². The molecule has 0 saturated heterocycles. The lowest BCUT2D eigenvalue weighted by atomic mass is 10.0. The zero-order valence-electron chi connectivity index (χ0n) is 13.7. The van der Waals surface area contributed by atoms with E-state index in [2.05, 4.69) is 31.1 Å². The van der Waals surface area contributed by atoms with Gasteiger partial charge in [0.25, 0.3) is 5.91 Å². The molecule has 0 bridgehead atoms. The van der Waals surface area contributed by atoms with Crippen molar-refractivity contribution in [2.75, 3.05) is 0 Å². The highest BCUT2D eigenvalue weighted by Crippen LogP contribution is 2.21. The van der Waals surface area contributed by atoms with Gasteiger partial charge in [-0.1, -0.05) is 32.9 Å². The molecule has 2 aromatic rings. The van der Waals surface area contributed by atoms with Crippen LogP contribution >= 0.6 is 11.3 Å². The summed E-state index contributed by atoms with van der Waals surface area (Å²) in [6, 6.07) is 7.90. The molecule has 118 valence electrons. The molecule has 1 heterocycles. The Morgan fingerprint density at radius 1 is 1.27 bits per heavy atom. The second-order valence-corrected chi connectivity index (χ2v) is 6.95. The lowest BCUT2D eigenvalue weighted by molar-refractivity contribution is 0.0935. The van der Waals surface area contributed by atoms with Crippen molar-refractivity contribution in [1.82, 2.24) is 10.3 Å². The summed E-state index contributed by atoms with van der Waals surface area (Å²) in [5.74, 6) is 0.591. The minimum atomic E-state index is -0.0317. The maximum atomic E-state index is 12.4. The Hall–Kier alpha value is -1.68. The van der Waals surface area contributed by atoms with Gasteiger partial charge in [-0.05, 0) is 43.4 Å². The van der Waals surface area contributed by atoms with Gasteiger partial charge < -0.3 is 5.32 Å². The van der Waals surface area contributed by atoms with E-state index in [0.717, 1.165) is 23.5 Å². The van der Waals surface area contributed by atoms with Crippen molar-refractivity contribution >= 4 is 17.2 Å². The third kappa shape index (κ3) is 4.41. The maximum absolute atomic E-state index is 12.4. The Morgan fingerprint density at radius 2 is 1.95 bits per heavy atom. The highest BCUT2D eigenvalue weighted by Gasteiger charge is 2.16. The minimum Gasteiger partial charge on any atom is -0.343 e. The van der Waals surface area contributed by atoms with Gasteiger partial charge in [0.05, 0.1) is 6.04 Å². The van der Waals surface area contributed by atoms with Crippen LogP contribution in [0.2, 0.25) is 0 Å². The van der Waals surface area contributed by atoms with E-state index in [9.17, 15) is 4.79 Å². The van der Waals surface area contributed by atoms with Crippen LogP contribution in [-0.4, -0.2) is 10.9 Å². The van der Waals surface area contributed by atoms with E-state index in [1.54, 1.807) is 11.3 Å². The zero-order chi connectivity index (χ0) is 16.1. The van der Waals surface area contributed by atoms with Crippen LogP contribution in [0.3, 0.4) is 0 Å². The normalized spacial score (nSPS) is 12.4. The summed E-state index contributed by atoms with van der Waals surface area (Å²) >= 11 is 1.60. The first-order valence-corrected chi connectivity index (χ1v) is 8.69. The van der Waals surface area contributed by atoms with Gasteiger partial charge in [-0.3, -0.25) is 4.79 Å². The van der Waals surface area contributed by atoms with E-state index in [0.29, 0.717) is 11.5 Å². The number of amides is 1. The molecule has 0 aliphatic carbocycles. The molecule has 0 saturated carbocycles. The molecule has 1 aromatic carbocycles. The van der Waals surface area contributed by atoms with Crippen LogP contribution in [0.15, 0.2) is 29.6 Å². The number of aryl methyl sites for hydroxylation is 1. The highest BCUT2D eigenvalue weighted by atomic mass is 32.1. The third-order valence-electron chi connectivity index (χ3n) is 3.51. The number of aromatic nitrogens is 1. The largest absolute Gasteiger partial charge is 0.343 e. The number of rotatable bonds is 6. The van der Waals surface area contributed by atoms with E-state index in [1.807, 2.05) is 36.6 Å². The average molecular weight is 316 g/mol. The van der Waals surface area contributed by atoms with Gasteiger partial charge in [0, 0.05) is 16.6 Å². The predicted octanol–water partition coefficient (Wildman–Crippen LogP) is 4.53. The first-order chi connectivity index (χ1) is 10.5. The van der Waals surface area contributed by atoms with Gasteiger partial charge in [-0.25, -0.2) is 4.98 Å². The van der Waals surface area contributed by atoms with Crippen molar-refractivity contribution < 1.29 is 4.79 Å². The molecule has 0 fully saturated rings. The Morgan fingerprint density at radius 3 is 2.45 bits per heavy atom. The second-order valence-electron chi connectivity index (χ2n) is 6.06. The fraction of sp³-hybridized carbons (Fsp3) is 0.444. The molecule has 0 aliphatic heterocycles. The number of nitrogens with zero attached hydrogens (tertiary/aromatic N) is 1.